The third-order valence-electron chi connectivity index (χ3n) is 5.02. The number of halogens is 1. The monoisotopic (exact) mass is 490 g/mol. The minimum atomic E-state index is -0.236. The third kappa shape index (κ3) is 5.14. The van der Waals surface area contributed by atoms with Crippen molar-refractivity contribution in [3.05, 3.63) is 17.0 Å². The Morgan fingerprint density at radius 2 is 1.96 bits per heavy atom. The molecule has 2 rings (SSSR count). The van der Waals surface area contributed by atoms with Gasteiger partial charge < -0.3 is 15.1 Å². The summed E-state index contributed by atoms with van der Waals surface area (Å²) in [5.41, 5.74) is 3.04. The van der Waals surface area contributed by atoms with Gasteiger partial charge in [-0.3, -0.25) is 9.48 Å². The molecule has 1 saturated heterocycles. The van der Waals surface area contributed by atoms with Crippen molar-refractivity contribution in [1.82, 2.24) is 24.9 Å². The van der Waals surface area contributed by atoms with Crippen LogP contribution in [-0.4, -0.2) is 62.7 Å². The second-order valence-electron chi connectivity index (χ2n) is 7.97. The Labute approximate surface area is 180 Å². The van der Waals surface area contributed by atoms with E-state index >= 15 is 0 Å². The molecule has 27 heavy (non-hydrogen) atoms. The highest BCUT2D eigenvalue weighted by Gasteiger charge is 2.40. The summed E-state index contributed by atoms with van der Waals surface area (Å²) in [5.74, 6) is 0.940. The number of carbonyl (C=O) groups is 1. The van der Waals surface area contributed by atoms with Gasteiger partial charge in [-0.25, -0.2) is 4.99 Å². The molecule has 0 atom stereocenters. The zero-order valence-electron chi connectivity index (χ0n) is 18.0. The number of nitrogens with zero attached hydrogens (tertiary/aromatic N) is 5. The first-order valence-corrected chi connectivity index (χ1v) is 9.43. The molecule has 7 nitrogen and oxygen atoms in total. The summed E-state index contributed by atoms with van der Waals surface area (Å²) in [6.07, 6.45) is 0. The molecule has 1 amide bonds. The molecule has 1 aliphatic rings. The van der Waals surface area contributed by atoms with Crippen LogP contribution >= 0.6 is 24.0 Å². The molecular weight excluding hydrogens is 455 g/mol. The molecule has 8 heteroatoms. The second kappa shape index (κ2) is 9.25. The molecule has 0 saturated carbocycles. The van der Waals surface area contributed by atoms with Crippen molar-refractivity contribution < 1.29 is 4.79 Å². The highest BCUT2D eigenvalue weighted by Crippen LogP contribution is 2.24. The van der Waals surface area contributed by atoms with E-state index in [1.165, 1.54) is 0 Å². The topological polar surface area (TPSA) is 65.8 Å². The standard InChI is InChI=1S/C19H34N6O.HI/c1-9-20-18(21-10-16-14(4)22-23(8)15(16)5)24-11-17(26)25(13(2)3)19(6,7)12-24;/h13H,9-12H2,1-8H3,(H,20,21);1H. The number of nitrogens with one attached hydrogen (secondary N) is 1. The first-order chi connectivity index (χ1) is 12.1. The smallest absolute Gasteiger partial charge is 0.242 e. The van der Waals surface area contributed by atoms with Gasteiger partial charge in [-0.2, -0.15) is 5.10 Å². The predicted molar refractivity (Wildman–Crippen MR) is 121 cm³/mol. The maximum atomic E-state index is 12.7. The minimum Gasteiger partial charge on any atom is -0.356 e. The molecule has 1 aromatic heterocycles. The molecule has 1 fully saturated rings. The van der Waals surface area contributed by atoms with Crippen LogP contribution in [0.2, 0.25) is 0 Å². The summed E-state index contributed by atoms with van der Waals surface area (Å²) in [5, 5.41) is 7.81. The van der Waals surface area contributed by atoms with E-state index in [0.29, 0.717) is 13.1 Å². The van der Waals surface area contributed by atoms with Gasteiger partial charge in [0.25, 0.3) is 0 Å². The summed E-state index contributed by atoms with van der Waals surface area (Å²) in [4.78, 5) is 21.6. The molecule has 0 unspecified atom stereocenters. The first-order valence-electron chi connectivity index (χ1n) is 9.43. The molecule has 1 N–H and O–H groups in total. The van der Waals surface area contributed by atoms with E-state index in [4.69, 9.17) is 4.99 Å². The van der Waals surface area contributed by atoms with Crippen molar-refractivity contribution in [2.75, 3.05) is 19.6 Å². The molecule has 1 aliphatic heterocycles. The summed E-state index contributed by atoms with van der Waals surface area (Å²) >= 11 is 0. The Bertz CT molecular complexity index is 695. The van der Waals surface area contributed by atoms with Crippen molar-refractivity contribution >= 4 is 35.8 Å². The maximum Gasteiger partial charge on any atom is 0.242 e. The van der Waals surface area contributed by atoms with Gasteiger partial charge in [-0.1, -0.05) is 0 Å². The number of guanidine groups is 1. The fourth-order valence-electron chi connectivity index (χ4n) is 3.94. The number of aliphatic imine (C=N–C) groups is 1. The summed E-state index contributed by atoms with van der Waals surface area (Å²) < 4.78 is 1.89. The van der Waals surface area contributed by atoms with Gasteiger partial charge >= 0.3 is 0 Å². The van der Waals surface area contributed by atoms with Gasteiger partial charge in [0, 0.05) is 37.4 Å². The van der Waals surface area contributed by atoms with Crippen LogP contribution < -0.4 is 5.32 Å². The quantitative estimate of drug-likeness (QED) is 0.400. The van der Waals surface area contributed by atoms with Crippen molar-refractivity contribution in [3.8, 4) is 0 Å². The fourth-order valence-corrected chi connectivity index (χ4v) is 3.94. The van der Waals surface area contributed by atoms with E-state index in [9.17, 15) is 4.79 Å². The van der Waals surface area contributed by atoms with Crippen molar-refractivity contribution in [2.45, 2.75) is 66.6 Å². The number of hydrogen-bond donors (Lipinski definition) is 1. The summed E-state index contributed by atoms with van der Waals surface area (Å²) in [7, 11) is 1.95. The molecule has 0 aromatic carbocycles. The molecule has 0 aliphatic carbocycles. The van der Waals surface area contributed by atoms with Crippen LogP contribution in [0.3, 0.4) is 0 Å². The van der Waals surface area contributed by atoms with Crippen molar-refractivity contribution in [2.24, 2.45) is 12.0 Å². The first kappa shape index (κ1) is 23.7. The Balaban J connectivity index is 0.00000364. The molecule has 154 valence electrons. The minimum absolute atomic E-state index is 0. The largest absolute Gasteiger partial charge is 0.356 e. The Morgan fingerprint density at radius 3 is 2.41 bits per heavy atom. The molecule has 0 bridgehead atoms. The van der Waals surface area contributed by atoms with Crippen LogP contribution in [-0.2, 0) is 18.4 Å². The molecule has 2 heterocycles. The van der Waals surface area contributed by atoms with Crippen LogP contribution in [0.5, 0.6) is 0 Å². The van der Waals surface area contributed by atoms with E-state index in [1.54, 1.807) is 0 Å². The Kier molecular flexibility index (Phi) is 8.13. The number of aryl methyl sites for hydroxylation is 2. The third-order valence-corrected chi connectivity index (χ3v) is 5.02. The molecule has 0 spiro atoms. The SMILES string of the molecule is CCNC(=NCc1c(C)nn(C)c1C)N1CC(=O)N(C(C)C)C(C)(C)C1.I. The number of hydrogen-bond acceptors (Lipinski definition) is 3. The number of piperazine rings is 1. The number of rotatable bonds is 4. The van der Waals surface area contributed by atoms with Gasteiger partial charge in [0.15, 0.2) is 5.96 Å². The van der Waals surface area contributed by atoms with Crippen molar-refractivity contribution in [1.29, 1.82) is 0 Å². The van der Waals surface area contributed by atoms with E-state index < -0.39 is 0 Å². The zero-order chi connectivity index (χ0) is 19.6. The van der Waals surface area contributed by atoms with Gasteiger partial charge in [-0.15, -0.1) is 24.0 Å². The van der Waals surface area contributed by atoms with Gasteiger partial charge in [0.1, 0.15) is 0 Å². The highest BCUT2D eigenvalue weighted by molar-refractivity contribution is 14.0. The van der Waals surface area contributed by atoms with E-state index in [0.717, 1.165) is 36.0 Å². The lowest BCUT2D eigenvalue weighted by molar-refractivity contribution is -0.145. The number of carbonyl (C=O) groups excluding carboxylic acids is 1. The van der Waals surface area contributed by atoms with Gasteiger partial charge in [-0.05, 0) is 48.5 Å². The summed E-state index contributed by atoms with van der Waals surface area (Å²) in [6.45, 7) is 17.0. The summed E-state index contributed by atoms with van der Waals surface area (Å²) in [6, 6.07) is 0.194. The fraction of sp³-hybridized carbons (Fsp3) is 0.737. The van der Waals surface area contributed by atoms with Gasteiger partial charge in [0.05, 0.1) is 24.3 Å². The van der Waals surface area contributed by atoms with Crippen molar-refractivity contribution in [3.63, 3.8) is 0 Å². The lowest BCUT2D eigenvalue weighted by atomic mass is 9.96. The molecule has 1 aromatic rings. The Hall–Kier alpha value is -1.32. The van der Waals surface area contributed by atoms with Crippen LogP contribution in [0.4, 0.5) is 0 Å². The Morgan fingerprint density at radius 1 is 1.33 bits per heavy atom. The second-order valence-corrected chi connectivity index (χ2v) is 7.97. The van der Waals surface area contributed by atoms with E-state index in [1.807, 2.05) is 30.5 Å². The predicted octanol–water partition coefficient (Wildman–Crippen LogP) is 2.45. The van der Waals surface area contributed by atoms with Crippen LogP contribution in [0.25, 0.3) is 0 Å². The maximum absolute atomic E-state index is 12.7. The molecular formula is C19H35IN6O. The van der Waals surface area contributed by atoms with E-state index in [-0.39, 0.29) is 41.5 Å². The van der Waals surface area contributed by atoms with Crippen LogP contribution in [0.15, 0.2) is 4.99 Å². The lowest BCUT2D eigenvalue weighted by Gasteiger charge is -2.49. The number of aromatic nitrogens is 2. The average Bonchev–Trinajstić information content (AvgIpc) is 2.74. The van der Waals surface area contributed by atoms with Crippen LogP contribution in [0, 0.1) is 13.8 Å². The number of amides is 1. The van der Waals surface area contributed by atoms with Crippen LogP contribution in [0.1, 0.15) is 51.6 Å². The zero-order valence-corrected chi connectivity index (χ0v) is 20.3. The average molecular weight is 490 g/mol. The lowest BCUT2D eigenvalue weighted by Crippen LogP contribution is -2.66. The highest BCUT2D eigenvalue weighted by atomic mass is 127. The van der Waals surface area contributed by atoms with E-state index in [2.05, 4.69) is 49.9 Å². The van der Waals surface area contributed by atoms with Gasteiger partial charge in [0.2, 0.25) is 5.91 Å². The molecule has 0 radical (unpaired) electrons. The normalized spacial score (nSPS) is 17.4.